The summed E-state index contributed by atoms with van der Waals surface area (Å²) in [5.41, 5.74) is -0.668. The molecule has 80 valence electrons. The fourth-order valence-electron chi connectivity index (χ4n) is 1.74. The molecule has 0 aliphatic carbocycles. The lowest BCUT2D eigenvalue weighted by Gasteiger charge is -2.21. The summed E-state index contributed by atoms with van der Waals surface area (Å²) in [4.78, 5) is 11.2. The molecule has 3 N–H and O–H groups in total. The van der Waals surface area contributed by atoms with Gasteiger partial charge < -0.3 is 14.9 Å². The van der Waals surface area contributed by atoms with E-state index in [1.54, 1.807) is 13.1 Å². The minimum atomic E-state index is -1.21. The van der Waals surface area contributed by atoms with Crippen LogP contribution in [0, 0.1) is 0 Å². The molecule has 0 fully saturated rings. The van der Waals surface area contributed by atoms with E-state index in [1.165, 1.54) is 12.1 Å². The second-order valence-electron chi connectivity index (χ2n) is 3.43. The van der Waals surface area contributed by atoms with Gasteiger partial charge >= 0.3 is 5.97 Å². The first-order valence-electron chi connectivity index (χ1n) is 4.49. The number of nitrogens with one attached hydrogen (secondary N) is 1. The maximum absolute atomic E-state index is 11.2. The van der Waals surface area contributed by atoms with Gasteiger partial charge in [-0.15, -0.1) is 0 Å². The van der Waals surface area contributed by atoms with Crippen LogP contribution in [-0.2, 0) is 10.3 Å². The Labute approximate surface area is 86.3 Å². The van der Waals surface area contributed by atoms with Gasteiger partial charge in [0.25, 0.3) is 0 Å². The molecule has 1 aliphatic heterocycles. The minimum Gasteiger partial charge on any atom is -0.508 e. The molecule has 0 saturated carbocycles. The van der Waals surface area contributed by atoms with E-state index in [-0.39, 0.29) is 12.4 Å². The summed E-state index contributed by atoms with van der Waals surface area (Å²) in [6.45, 7) is 0.0254. The van der Waals surface area contributed by atoms with Crippen molar-refractivity contribution in [3.8, 4) is 11.5 Å². The Morgan fingerprint density at radius 2 is 2.33 bits per heavy atom. The van der Waals surface area contributed by atoms with E-state index in [0.717, 1.165) is 0 Å². The summed E-state index contributed by atoms with van der Waals surface area (Å²) in [5.74, 6) is -0.521. The van der Waals surface area contributed by atoms with Crippen molar-refractivity contribution in [1.29, 1.82) is 0 Å². The van der Waals surface area contributed by atoms with Crippen molar-refractivity contribution < 1.29 is 19.7 Å². The Morgan fingerprint density at radius 1 is 1.60 bits per heavy atom. The number of hydrogen-bond donors (Lipinski definition) is 3. The highest BCUT2D eigenvalue weighted by atomic mass is 16.5. The standard InChI is InChI=1S/C10H11NO4/c1-11-10(9(13)14)5-15-8-4-6(12)2-3-7(8)10/h2-4,11-12H,5H2,1H3,(H,13,14). The maximum Gasteiger partial charge on any atom is 0.332 e. The first-order chi connectivity index (χ1) is 7.10. The van der Waals surface area contributed by atoms with Crippen molar-refractivity contribution in [2.75, 3.05) is 13.7 Å². The largest absolute Gasteiger partial charge is 0.508 e. The molecule has 1 atom stereocenters. The van der Waals surface area contributed by atoms with E-state index in [1.807, 2.05) is 0 Å². The molecule has 0 radical (unpaired) electrons. The van der Waals surface area contributed by atoms with Crippen LogP contribution in [0.25, 0.3) is 0 Å². The molecule has 1 aromatic carbocycles. The van der Waals surface area contributed by atoms with Crippen LogP contribution in [0.2, 0.25) is 0 Å². The van der Waals surface area contributed by atoms with Gasteiger partial charge in [0.05, 0.1) is 0 Å². The molecular weight excluding hydrogens is 198 g/mol. The Balaban J connectivity index is 2.56. The Hall–Kier alpha value is -1.75. The van der Waals surface area contributed by atoms with Crippen molar-refractivity contribution in [2.45, 2.75) is 5.54 Å². The Kier molecular flexibility index (Phi) is 2.04. The number of hydrogen-bond acceptors (Lipinski definition) is 4. The molecule has 15 heavy (non-hydrogen) atoms. The maximum atomic E-state index is 11.2. The third-order valence-electron chi connectivity index (χ3n) is 2.66. The highest BCUT2D eigenvalue weighted by Gasteiger charge is 2.46. The normalized spacial score (nSPS) is 23.3. The number of carboxylic acid groups (broad SMARTS) is 1. The molecule has 1 heterocycles. The minimum absolute atomic E-state index is 0.0254. The number of aliphatic carboxylic acids is 1. The molecule has 1 aromatic rings. The average Bonchev–Trinajstić information content (AvgIpc) is 2.56. The smallest absolute Gasteiger partial charge is 0.332 e. The molecule has 5 heteroatoms. The van der Waals surface area contributed by atoms with Gasteiger partial charge in [-0.05, 0) is 19.2 Å². The molecule has 1 unspecified atom stereocenters. The number of carboxylic acids is 1. The fraction of sp³-hybridized carbons (Fsp3) is 0.300. The second kappa shape index (κ2) is 3.13. The zero-order valence-electron chi connectivity index (χ0n) is 8.15. The van der Waals surface area contributed by atoms with Gasteiger partial charge in [-0.25, -0.2) is 4.79 Å². The SMILES string of the molecule is CNC1(C(=O)O)COc2cc(O)ccc21. The van der Waals surface area contributed by atoms with Gasteiger partial charge in [0, 0.05) is 11.6 Å². The van der Waals surface area contributed by atoms with E-state index in [4.69, 9.17) is 4.74 Å². The van der Waals surface area contributed by atoms with Crippen LogP contribution in [0.5, 0.6) is 11.5 Å². The molecule has 5 nitrogen and oxygen atoms in total. The lowest BCUT2D eigenvalue weighted by Crippen LogP contribution is -2.48. The van der Waals surface area contributed by atoms with Crippen molar-refractivity contribution in [3.63, 3.8) is 0 Å². The van der Waals surface area contributed by atoms with E-state index < -0.39 is 11.5 Å². The van der Waals surface area contributed by atoms with Crippen LogP contribution in [0.4, 0.5) is 0 Å². The number of ether oxygens (including phenoxy) is 1. The molecule has 0 spiro atoms. The van der Waals surface area contributed by atoms with Gasteiger partial charge in [-0.3, -0.25) is 5.32 Å². The number of fused-ring (bicyclic) bond motifs is 1. The average molecular weight is 209 g/mol. The molecule has 0 bridgehead atoms. The first kappa shape index (κ1) is 9.79. The predicted octanol–water partition coefficient (Wildman–Crippen LogP) is 0.284. The van der Waals surface area contributed by atoms with E-state index in [9.17, 15) is 15.0 Å². The van der Waals surface area contributed by atoms with E-state index in [2.05, 4.69) is 5.32 Å². The molecule has 0 aromatic heterocycles. The van der Waals surface area contributed by atoms with E-state index in [0.29, 0.717) is 11.3 Å². The highest BCUT2D eigenvalue weighted by Crippen LogP contribution is 2.38. The lowest BCUT2D eigenvalue weighted by molar-refractivity contribution is -0.145. The van der Waals surface area contributed by atoms with Crippen LogP contribution < -0.4 is 10.1 Å². The van der Waals surface area contributed by atoms with Gasteiger partial charge in [0.15, 0.2) is 5.54 Å². The number of benzene rings is 1. The summed E-state index contributed by atoms with van der Waals surface area (Å²) < 4.78 is 5.24. The van der Waals surface area contributed by atoms with Crippen LogP contribution in [0.15, 0.2) is 18.2 Å². The van der Waals surface area contributed by atoms with Crippen molar-refractivity contribution >= 4 is 5.97 Å². The van der Waals surface area contributed by atoms with Crippen molar-refractivity contribution in [1.82, 2.24) is 5.32 Å². The zero-order valence-corrected chi connectivity index (χ0v) is 8.15. The summed E-state index contributed by atoms with van der Waals surface area (Å²) in [6.07, 6.45) is 0. The third kappa shape index (κ3) is 1.24. The number of phenolic OH excluding ortho intramolecular Hbond substituents is 1. The first-order valence-corrected chi connectivity index (χ1v) is 4.49. The quantitative estimate of drug-likeness (QED) is 0.652. The van der Waals surface area contributed by atoms with Gasteiger partial charge in [0.2, 0.25) is 0 Å². The van der Waals surface area contributed by atoms with Crippen molar-refractivity contribution in [3.05, 3.63) is 23.8 Å². The number of phenols is 1. The number of carbonyl (C=O) groups is 1. The van der Waals surface area contributed by atoms with Crippen LogP contribution in [0.3, 0.4) is 0 Å². The number of likely N-dealkylation sites (N-methyl/N-ethyl adjacent to an activating group) is 1. The molecule has 1 aliphatic rings. The topological polar surface area (TPSA) is 78.8 Å². The molecule has 0 saturated heterocycles. The molecule has 2 rings (SSSR count). The Morgan fingerprint density at radius 3 is 2.93 bits per heavy atom. The number of aromatic hydroxyl groups is 1. The van der Waals surface area contributed by atoms with Gasteiger partial charge in [-0.1, -0.05) is 0 Å². The van der Waals surface area contributed by atoms with Crippen LogP contribution in [0.1, 0.15) is 5.56 Å². The molecular formula is C10H11NO4. The zero-order chi connectivity index (χ0) is 11.1. The molecule has 0 amide bonds. The monoisotopic (exact) mass is 209 g/mol. The van der Waals surface area contributed by atoms with Crippen LogP contribution >= 0.6 is 0 Å². The Bertz CT molecular complexity index is 418. The van der Waals surface area contributed by atoms with Crippen molar-refractivity contribution in [2.24, 2.45) is 0 Å². The third-order valence-corrected chi connectivity index (χ3v) is 2.66. The summed E-state index contributed by atoms with van der Waals surface area (Å²) in [5, 5.41) is 21.2. The summed E-state index contributed by atoms with van der Waals surface area (Å²) >= 11 is 0. The lowest BCUT2D eigenvalue weighted by atomic mass is 9.92. The predicted molar refractivity (Wildman–Crippen MR) is 52.0 cm³/mol. The summed E-state index contributed by atoms with van der Waals surface area (Å²) in [7, 11) is 1.57. The summed E-state index contributed by atoms with van der Waals surface area (Å²) in [6, 6.07) is 4.42. The van der Waals surface area contributed by atoms with Crippen LogP contribution in [-0.4, -0.2) is 29.8 Å². The second-order valence-corrected chi connectivity index (χ2v) is 3.43. The highest BCUT2D eigenvalue weighted by molar-refractivity contribution is 5.83. The number of rotatable bonds is 2. The van der Waals surface area contributed by atoms with E-state index >= 15 is 0 Å². The van der Waals surface area contributed by atoms with Gasteiger partial charge in [0.1, 0.15) is 18.1 Å². The van der Waals surface area contributed by atoms with Gasteiger partial charge in [-0.2, -0.15) is 0 Å². The fourth-order valence-corrected chi connectivity index (χ4v) is 1.74.